The Labute approximate surface area is 107 Å². The quantitative estimate of drug-likeness (QED) is 0.797. The Kier molecular flexibility index (Phi) is 3.59. The summed E-state index contributed by atoms with van der Waals surface area (Å²) in [6.45, 7) is 1.63. The van der Waals surface area contributed by atoms with Crippen molar-refractivity contribution in [3.05, 3.63) is 23.8 Å². The molecule has 19 heavy (non-hydrogen) atoms. The van der Waals surface area contributed by atoms with E-state index >= 15 is 0 Å². The predicted molar refractivity (Wildman–Crippen MR) is 59.6 cm³/mol. The number of nitrogens with zero attached hydrogens (tertiary/aromatic N) is 3. The molecular formula is C11H11F2N3O3. The summed E-state index contributed by atoms with van der Waals surface area (Å²) < 4.78 is 36.8. The van der Waals surface area contributed by atoms with E-state index in [1.54, 1.807) is 14.0 Å². The SMILES string of the molecule is CCOC(=O)c1oc(-c2cnn(C)c2)nc1C(F)F. The van der Waals surface area contributed by atoms with Gasteiger partial charge in [0, 0.05) is 13.2 Å². The van der Waals surface area contributed by atoms with Gasteiger partial charge in [-0.05, 0) is 6.92 Å². The highest BCUT2D eigenvalue weighted by Crippen LogP contribution is 2.28. The van der Waals surface area contributed by atoms with E-state index < -0.39 is 23.8 Å². The van der Waals surface area contributed by atoms with Crippen LogP contribution in [-0.4, -0.2) is 27.3 Å². The van der Waals surface area contributed by atoms with Crippen molar-refractivity contribution in [1.29, 1.82) is 0 Å². The first kappa shape index (κ1) is 13.2. The van der Waals surface area contributed by atoms with Gasteiger partial charge in [-0.3, -0.25) is 4.68 Å². The highest BCUT2D eigenvalue weighted by Gasteiger charge is 2.28. The van der Waals surface area contributed by atoms with Gasteiger partial charge in [0.15, 0.2) is 5.69 Å². The number of aryl methyl sites for hydroxylation is 1. The summed E-state index contributed by atoms with van der Waals surface area (Å²) >= 11 is 0. The van der Waals surface area contributed by atoms with Gasteiger partial charge in [-0.2, -0.15) is 5.10 Å². The van der Waals surface area contributed by atoms with Crippen LogP contribution >= 0.6 is 0 Å². The van der Waals surface area contributed by atoms with Crippen LogP contribution in [0, 0.1) is 0 Å². The van der Waals surface area contributed by atoms with Gasteiger partial charge in [0.2, 0.25) is 11.7 Å². The molecule has 2 heterocycles. The maximum atomic E-state index is 12.8. The topological polar surface area (TPSA) is 70.2 Å². The molecule has 0 fully saturated rings. The fourth-order valence-electron chi connectivity index (χ4n) is 1.48. The standard InChI is InChI=1S/C11H11F2N3O3/c1-3-18-11(17)8-7(9(12)13)15-10(19-8)6-4-14-16(2)5-6/h4-5,9H,3H2,1-2H3. The normalized spacial score (nSPS) is 11.0. The lowest BCUT2D eigenvalue weighted by Gasteiger charge is -1.99. The van der Waals surface area contributed by atoms with Crippen LogP contribution in [0.1, 0.15) is 29.6 Å². The van der Waals surface area contributed by atoms with Gasteiger partial charge in [0.25, 0.3) is 6.43 Å². The number of hydrogen-bond donors (Lipinski definition) is 0. The van der Waals surface area contributed by atoms with Crippen LogP contribution in [0.25, 0.3) is 11.5 Å². The predicted octanol–water partition coefficient (Wildman–Crippen LogP) is 2.19. The molecule has 0 aliphatic carbocycles. The fraction of sp³-hybridized carbons (Fsp3) is 0.364. The number of aromatic nitrogens is 3. The lowest BCUT2D eigenvalue weighted by atomic mass is 10.3. The highest BCUT2D eigenvalue weighted by molar-refractivity contribution is 5.88. The van der Waals surface area contributed by atoms with Gasteiger partial charge in [0.1, 0.15) is 0 Å². The van der Waals surface area contributed by atoms with E-state index in [4.69, 9.17) is 4.42 Å². The molecule has 2 rings (SSSR count). The van der Waals surface area contributed by atoms with E-state index in [9.17, 15) is 13.6 Å². The summed E-state index contributed by atoms with van der Waals surface area (Å²) in [7, 11) is 1.66. The van der Waals surface area contributed by atoms with Crippen LogP contribution in [0.4, 0.5) is 8.78 Å². The fourth-order valence-corrected chi connectivity index (χ4v) is 1.48. The molecule has 0 atom stereocenters. The Balaban J connectivity index is 2.43. The van der Waals surface area contributed by atoms with Gasteiger partial charge >= 0.3 is 5.97 Å². The number of oxazole rings is 1. The van der Waals surface area contributed by atoms with Gasteiger partial charge in [-0.15, -0.1) is 0 Å². The number of carbonyl (C=O) groups excluding carboxylic acids is 1. The Morgan fingerprint density at radius 2 is 2.32 bits per heavy atom. The molecule has 8 heteroatoms. The van der Waals surface area contributed by atoms with Gasteiger partial charge in [-0.1, -0.05) is 0 Å². The summed E-state index contributed by atoms with van der Waals surface area (Å²) in [5.74, 6) is -1.62. The minimum atomic E-state index is -2.92. The largest absolute Gasteiger partial charge is 0.460 e. The van der Waals surface area contributed by atoms with Crippen LogP contribution in [0.15, 0.2) is 16.8 Å². The maximum Gasteiger partial charge on any atom is 0.376 e. The molecule has 2 aromatic heterocycles. The van der Waals surface area contributed by atoms with Crippen molar-refractivity contribution in [2.24, 2.45) is 7.05 Å². The molecule has 0 N–H and O–H groups in total. The first-order valence-electron chi connectivity index (χ1n) is 5.48. The molecule has 6 nitrogen and oxygen atoms in total. The van der Waals surface area contributed by atoms with Crippen molar-refractivity contribution in [2.45, 2.75) is 13.3 Å². The second-order valence-electron chi connectivity index (χ2n) is 3.66. The molecule has 0 saturated heterocycles. The zero-order chi connectivity index (χ0) is 14.0. The van der Waals surface area contributed by atoms with Crippen molar-refractivity contribution in [3.63, 3.8) is 0 Å². The van der Waals surface area contributed by atoms with E-state index in [-0.39, 0.29) is 12.5 Å². The molecule has 102 valence electrons. The number of ether oxygens (including phenoxy) is 1. The third kappa shape index (κ3) is 2.61. The van der Waals surface area contributed by atoms with Crippen LogP contribution in [0.2, 0.25) is 0 Å². The second-order valence-corrected chi connectivity index (χ2v) is 3.66. The zero-order valence-corrected chi connectivity index (χ0v) is 10.3. The molecule has 0 bridgehead atoms. The van der Waals surface area contributed by atoms with E-state index in [1.165, 1.54) is 17.1 Å². The van der Waals surface area contributed by atoms with E-state index in [1.807, 2.05) is 0 Å². The lowest BCUT2D eigenvalue weighted by molar-refractivity contribution is 0.0476. The van der Waals surface area contributed by atoms with Crippen LogP contribution < -0.4 is 0 Å². The Morgan fingerprint density at radius 1 is 1.58 bits per heavy atom. The number of carbonyl (C=O) groups is 1. The van der Waals surface area contributed by atoms with Gasteiger partial charge in [-0.25, -0.2) is 18.6 Å². The molecule has 0 spiro atoms. The minimum Gasteiger partial charge on any atom is -0.460 e. The molecule has 0 saturated carbocycles. The van der Waals surface area contributed by atoms with E-state index in [2.05, 4.69) is 14.8 Å². The lowest BCUT2D eigenvalue weighted by Crippen LogP contribution is -2.06. The maximum absolute atomic E-state index is 12.8. The average Bonchev–Trinajstić information content (AvgIpc) is 2.94. The monoisotopic (exact) mass is 271 g/mol. The van der Waals surface area contributed by atoms with Crippen molar-refractivity contribution < 1.29 is 22.7 Å². The van der Waals surface area contributed by atoms with Crippen molar-refractivity contribution >= 4 is 5.97 Å². The Morgan fingerprint density at radius 3 is 2.84 bits per heavy atom. The third-order valence-electron chi connectivity index (χ3n) is 2.27. The highest BCUT2D eigenvalue weighted by atomic mass is 19.3. The zero-order valence-electron chi connectivity index (χ0n) is 10.3. The minimum absolute atomic E-state index is 0.0600. The number of esters is 1. The van der Waals surface area contributed by atoms with Crippen molar-refractivity contribution in [1.82, 2.24) is 14.8 Å². The summed E-state index contributed by atoms with van der Waals surface area (Å²) in [6, 6.07) is 0. The van der Waals surface area contributed by atoms with Crippen LogP contribution in [0.5, 0.6) is 0 Å². The van der Waals surface area contributed by atoms with Crippen molar-refractivity contribution in [2.75, 3.05) is 6.61 Å². The van der Waals surface area contributed by atoms with Crippen LogP contribution in [0.3, 0.4) is 0 Å². The first-order chi connectivity index (χ1) is 9.02. The van der Waals surface area contributed by atoms with E-state index in [0.717, 1.165) is 0 Å². The third-order valence-corrected chi connectivity index (χ3v) is 2.27. The molecule has 0 radical (unpaired) electrons. The summed E-state index contributed by atoms with van der Waals surface area (Å²) in [5.41, 5.74) is -0.322. The summed E-state index contributed by atoms with van der Waals surface area (Å²) in [6.07, 6.45) is 0.0139. The summed E-state index contributed by atoms with van der Waals surface area (Å²) in [5, 5.41) is 3.87. The molecule has 0 amide bonds. The smallest absolute Gasteiger partial charge is 0.376 e. The van der Waals surface area contributed by atoms with Gasteiger partial charge < -0.3 is 9.15 Å². The first-order valence-corrected chi connectivity index (χ1v) is 5.48. The number of alkyl halides is 2. The number of rotatable bonds is 4. The Bertz CT molecular complexity index is 592. The van der Waals surface area contributed by atoms with E-state index in [0.29, 0.717) is 5.56 Å². The van der Waals surface area contributed by atoms with Crippen LogP contribution in [-0.2, 0) is 11.8 Å². The molecule has 0 aromatic carbocycles. The number of hydrogen-bond acceptors (Lipinski definition) is 5. The number of halogens is 2. The van der Waals surface area contributed by atoms with Crippen molar-refractivity contribution in [3.8, 4) is 11.5 Å². The molecule has 0 aliphatic rings. The van der Waals surface area contributed by atoms with Gasteiger partial charge in [0.05, 0.1) is 18.4 Å². The molecule has 2 aromatic rings. The molecular weight excluding hydrogens is 260 g/mol. The Hall–Kier alpha value is -2.25. The second kappa shape index (κ2) is 5.17. The summed E-state index contributed by atoms with van der Waals surface area (Å²) in [4.78, 5) is 15.1. The molecule has 0 aliphatic heterocycles. The average molecular weight is 271 g/mol. The molecule has 0 unspecified atom stereocenters.